The molecule has 9 rings (SSSR count). The molecule has 0 amide bonds. The van der Waals surface area contributed by atoms with Crippen LogP contribution in [0.15, 0.2) is 178 Å². The van der Waals surface area contributed by atoms with Crippen molar-refractivity contribution >= 4 is 60.9 Å². The molecule has 7 aromatic carbocycles. The van der Waals surface area contributed by atoms with Gasteiger partial charge in [-0.1, -0.05) is 90.5 Å². The first kappa shape index (κ1) is 35.4. The molecule has 256 valence electrons. The summed E-state index contributed by atoms with van der Waals surface area (Å²) >= 11 is 0. The van der Waals surface area contributed by atoms with Crippen LogP contribution in [0.3, 0.4) is 0 Å². The molecule has 0 fully saturated rings. The number of rotatable bonds is 8. The minimum Gasteiger partial charge on any atom is -0.456 e. The second-order valence-corrected chi connectivity index (χ2v) is 13.3. The molecule has 0 bridgehead atoms. The number of para-hydroxylation sites is 2. The van der Waals surface area contributed by atoms with Crippen molar-refractivity contribution in [3.63, 3.8) is 0 Å². The van der Waals surface area contributed by atoms with Crippen molar-refractivity contribution in [1.29, 1.82) is 0 Å². The van der Waals surface area contributed by atoms with E-state index in [0.717, 1.165) is 99.8 Å². The second kappa shape index (κ2) is 15.4. The number of allylic oxidation sites excluding steroid dienone is 3. The Hall–Kier alpha value is -5.66. The summed E-state index contributed by atoms with van der Waals surface area (Å²) in [6, 6.07) is 58.9. The molecule has 9 aromatic rings. The maximum atomic E-state index is 6.48. The molecule has 0 aliphatic rings. The molecule has 0 saturated carbocycles. The van der Waals surface area contributed by atoms with Gasteiger partial charge in [0, 0.05) is 39.1 Å². The zero-order valence-electron chi connectivity index (χ0n) is 30.1. The van der Waals surface area contributed by atoms with Gasteiger partial charge >= 0.3 is 31.1 Å². The summed E-state index contributed by atoms with van der Waals surface area (Å²) in [6.45, 7) is 4.20. The standard InChI is InChI=1S/C50H35NO2.U/c1-3-44(39-30-43(37-16-8-5-9-17-37)50-42-19-11-13-21-47(42)53-49(50)32-39)51-45(38-27-28-41-40-18-10-12-20-46(40)52-48(41)31-38)29-22-33(2)34-23-25-36(26-24-34)35-14-6-4-7-15-35;/h3-14,16-25,27-28,30-32H,29H2,1-2H3;/q-2;+2/b33-22+,44-3+,51-45?;. The van der Waals surface area contributed by atoms with Gasteiger partial charge in [-0.05, 0) is 61.4 Å². The molecule has 0 unspecified atom stereocenters. The van der Waals surface area contributed by atoms with Gasteiger partial charge in [-0.2, -0.15) is 36.4 Å². The Labute approximate surface area is 338 Å². The molecule has 2 aromatic heterocycles. The van der Waals surface area contributed by atoms with Crippen LogP contribution in [0.5, 0.6) is 0 Å². The third-order valence-electron chi connectivity index (χ3n) is 9.97. The normalized spacial score (nSPS) is 12.5. The molecule has 3 nitrogen and oxygen atoms in total. The number of aliphatic imine (C=N–C) groups is 1. The zero-order chi connectivity index (χ0) is 35.7. The predicted molar refractivity (Wildman–Crippen MR) is 221 cm³/mol. The molecule has 0 saturated heterocycles. The molecule has 0 aliphatic carbocycles. The summed E-state index contributed by atoms with van der Waals surface area (Å²) < 4.78 is 12.8. The Morgan fingerprint density at radius 1 is 0.611 bits per heavy atom. The summed E-state index contributed by atoms with van der Waals surface area (Å²) in [5.41, 5.74) is 13.8. The number of hydrogen-bond donors (Lipinski definition) is 0. The largest absolute Gasteiger partial charge is 2.00 e. The molecule has 0 N–H and O–H groups in total. The first-order chi connectivity index (χ1) is 26.1. The fourth-order valence-electron chi connectivity index (χ4n) is 7.19. The van der Waals surface area contributed by atoms with E-state index < -0.39 is 0 Å². The van der Waals surface area contributed by atoms with Gasteiger partial charge in [-0.3, -0.25) is 4.99 Å². The van der Waals surface area contributed by atoms with Gasteiger partial charge in [-0.25, -0.2) is 11.1 Å². The van der Waals surface area contributed by atoms with Gasteiger partial charge in [0.2, 0.25) is 0 Å². The van der Waals surface area contributed by atoms with Gasteiger partial charge in [0.1, 0.15) is 22.3 Å². The Balaban J connectivity index is 0.00000413. The smallest absolute Gasteiger partial charge is 0.456 e. The topological polar surface area (TPSA) is 38.6 Å². The summed E-state index contributed by atoms with van der Waals surface area (Å²) in [5.74, 6) is 0. The molecule has 0 atom stereocenters. The third-order valence-corrected chi connectivity index (χ3v) is 9.97. The van der Waals surface area contributed by atoms with Crippen LogP contribution < -0.4 is 0 Å². The Bertz CT molecular complexity index is 2860. The van der Waals surface area contributed by atoms with E-state index in [1.54, 1.807) is 0 Å². The maximum absolute atomic E-state index is 6.48. The molecule has 0 aliphatic heterocycles. The van der Waals surface area contributed by atoms with Gasteiger partial charge in [0.05, 0.1) is 11.4 Å². The first-order valence-electron chi connectivity index (χ1n) is 18.0. The summed E-state index contributed by atoms with van der Waals surface area (Å²) in [4.78, 5) is 5.45. The minimum atomic E-state index is 0. The summed E-state index contributed by atoms with van der Waals surface area (Å²) in [7, 11) is 0. The molecule has 4 heteroatoms. The Kier molecular flexibility index (Phi) is 10.1. The van der Waals surface area contributed by atoms with Crippen LogP contribution in [0, 0.1) is 43.2 Å². The van der Waals surface area contributed by atoms with Crippen molar-refractivity contribution in [3.05, 3.63) is 193 Å². The fraction of sp³-hybridized carbons (Fsp3) is 0.0600. The van der Waals surface area contributed by atoms with Crippen molar-refractivity contribution in [2.24, 2.45) is 4.99 Å². The minimum absolute atomic E-state index is 0. The molecular weight excluding hydrogens is 885 g/mol. The fourth-order valence-corrected chi connectivity index (χ4v) is 7.19. The van der Waals surface area contributed by atoms with E-state index in [9.17, 15) is 0 Å². The first-order valence-corrected chi connectivity index (χ1v) is 18.0. The number of benzene rings is 7. The van der Waals surface area contributed by atoms with Crippen molar-refractivity contribution < 1.29 is 39.9 Å². The maximum Gasteiger partial charge on any atom is 2.00 e. The van der Waals surface area contributed by atoms with Crippen LogP contribution in [0.2, 0.25) is 0 Å². The van der Waals surface area contributed by atoms with E-state index in [1.165, 1.54) is 0 Å². The van der Waals surface area contributed by atoms with Crippen molar-refractivity contribution in [2.45, 2.75) is 20.3 Å². The van der Waals surface area contributed by atoms with Crippen LogP contribution in [0.25, 0.3) is 77.4 Å². The third kappa shape index (κ3) is 6.80. The van der Waals surface area contributed by atoms with E-state index in [4.69, 9.17) is 13.8 Å². The van der Waals surface area contributed by atoms with E-state index in [-0.39, 0.29) is 31.1 Å². The number of fused-ring (bicyclic) bond motifs is 6. The van der Waals surface area contributed by atoms with Gasteiger partial charge < -0.3 is 8.83 Å². The summed E-state index contributed by atoms with van der Waals surface area (Å²) in [5, 5.41) is 4.41. The second-order valence-electron chi connectivity index (χ2n) is 13.3. The Morgan fingerprint density at radius 2 is 1.28 bits per heavy atom. The Morgan fingerprint density at radius 3 is 2.04 bits per heavy atom. The van der Waals surface area contributed by atoms with E-state index in [1.807, 2.05) is 49.4 Å². The summed E-state index contributed by atoms with van der Waals surface area (Å²) in [6.07, 6.45) is 4.95. The molecule has 2 heterocycles. The molecule has 0 radical (unpaired) electrons. The number of nitrogens with zero attached hydrogens (tertiary/aromatic N) is 1. The zero-order valence-corrected chi connectivity index (χ0v) is 34.2. The SMILES string of the molecule is C/C=C(/N=C(C/C=C(\C)c1c[c-]c(-c2[c-]cccc2)cc1)c1ccc2c(c1)oc1ccccc12)c1cc(-c2ccccc2)c2c(c1)oc1ccccc12.[U+2]. The van der Waals surface area contributed by atoms with Gasteiger partial charge in [0.25, 0.3) is 0 Å². The van der Waals surface area contributed by atoms with Crippen LogP contribution in [-0.2, 0) is 0 Å². The molecule has 0 spiro atoms. The van der Waals surface area contributed by atoms with Gasteiger partial charge in [0.15, 0.2) is 0 Å². The van der Waals surface area contributed by atoms with Crippen LogP contribution in [-0.4, -0.2) is 5.71 Å². The van der Waals surface area contributed by atoms with E-state index >= 15 is 0 Å². The quantitative estimate of drug-likeness (QED) is 0.113. The average molecular weight is 920 g/mol. The van der Waals surface area contributed by atoms with E-state index in [2.05, 4.69) is 140 Å². The number of furan rings is 2. The monoisotopic (exact) mass is 919 g/mol. The molecule has 54 heavy (non-hydrogen) atoms. The van der Waals surface area contributed by atoms with E-state index in [0.29, 0.717) is 6.42 Å². The van der Waals surface area contributed by atoms with Gasteiger partial charge in [-0.15, -0.1) is 23.8 Å². The number of hydrogen-bond acceptors (Lipinski definition) is 3. The van der Waals surface area contributed by atoms with Crippen LogP contribution in [0.4, 0.5) is 0 Å². The predicted octanol–water partition coefficient (Wildman–Crippen LogP) is 13.8. The van der Waals surface area contributed by atoms with Crippen molar-refractivity contribution in [3.8, 4) is 22.3 Å². The van der Waals surface area contributed by atoms with Crippen LogP contribution >= 0.6 is 0 Å². The molecular formula is C50H35NO2U. The van der Waals surface area contributed by atoms with Crippen molar-refractivity contribution in [1.82, 2.24) is 0 Å². The average Bonchev–Trinajstić information content (AvgIpc) is 3.79. The van der Waals surface area contributed by atoms with Crippen molar-refractivity contribution in [2.75, 3.05) is 0 Å². The van der Waals surface area contributed by atoms with Crippen LogP contribution in [0.1, 0.15) is 37.0 Å².